The molecule has 1 N–H and O–H groups in total. The molecule has 1 aromatic rings. The van der Waals surface area contributed by atoms with Gasteiger partial charge in [-0.1, -0.05) is 35.7 Å². The summed E-state index contributed by atoms with van der Waals surface area (Å²) in [7, 11) is 0. The van der Waals surface area contributed by atoms with Gasteiger partial charge in [0.25, 0.3) is 0 Å². The number of carboxylic acids is 1. The van der Waals surface area contributed by atoms with E-state index in [-0.39, 0.29) is 11.7 Å². The van der Waals surface area contributed by atoms with Crippen LogP contribution < -0.4 is 0 Å². The van der Waals surface area contributed by atoms with Crippen molar-refractivity contribution in [1.29, 1.82) is 0 Å². The number of halogens is 1. The number of hydrogen-bond donors (Lipinski definition) is 1. The van der Waals surface area contributed by atoms with Crippen molar-refractivity contribution in [3.05, 3.63) is 28.7 Å². The molecule has 17 heavy (non-hydrogen) atoms. The smallest absolute Gasteiger partial charge is 0.304 e. The van der Waals surface area contributed by atoms with E-state index in [2.05, 4.69) is 22.9 Å². The van der Waals surface area contributed by atoms with Crippen molar-refractivity contribution < 1.29 is 9.90 Å². The fourth-order valence-electron chi connectivity index (χ4n) is 1.53. The summed E-state index contributed by atoms with van der Waals surface area (Å²) in [6.45, 7) is 2.13. The Morgan fingerprint density at radius 3 is 2.59 bits per heavy atom. The lowest BCUT2D eigenvalue weighted by atomic mass is 10.1. The van der Waals surface area contributed by atoms with Crippen LogP contribution in [0.25, 0.3) is 0 Å². The van der Waals surface area contributed by atoms with Crippen LogP contribution in [-0.4, -0.2) is 16.3 Å². The molecule has 0 unspecified atom stereocenters. The second-order valence-corrected chi connectivity index (χ2v) is 6.22. The number of rotatable bonds is 7. The van der Waals surface area contributed by atoms with E-state index in [1.54, 1.807) is 11.8 Å². The van der Waals surface area contributed by atoms with Gasteiger partial charge in [-0.2, -0.15) is 0 Å². The molecule has 0 fully saturated rings. The lowest BCUT2D eigenvalue weighted by molar-refractivity contribution is -0.137. The first-order valence-corrected chi connectivity index (χ1v) is 7.43. The molecule has 0 spiro atoms. The Hall–Kier alpha value is -0.480. The molecule has 1 rings (SSSR count). The van der Waals surface area contributed by atoms with Crippen LogP contribution in [-0.2, 0) is 4.79 Å². The molecule has 0 amide bonds. The maximum Gasteiger partial charge on any atom is 0.304 e. The number of thioether (sulfide) groups is 1. The molecule has 0 radical (unpaired) electrons. The van der Waals surface area contributed by atoms with Gasteiger partial charge in [0, 0.05) is 14.6 Å². The Morgan fingerprint density at radius 2 is 2.06 bits per heavy atom. The van der Waals surface area contributed by atoms with Gasteiger partial charge in [-0.15, -0.1) is 11.8 Å². The van der Waals surface area contributed by atoms with Crippen LogP contribution >= 0.6 is 27.7 Å². The van der Waals surface area contributed by atoms with Crippen LogP contribution in [0.1, 0.15) is 32.6 Å². The van der Waals surface area contributed by atoms with Crippen LogP contribution in [0.3, 0.4) is 0 Å². The normalized spacial score (nSPS) is 12.4. The fourth-order valence-corrected chi connectivity index (χ4v) is 2.99. The average Bonchev–Trinajstić information content (AvgIpc) is 2.28. The van der Waals surface area contributed by atoms with E-state index in [0.29, 0.717) is 0 Å². The van der Waals surface area contributed by atoms with Crippen LogP contribution in [0.15, 0.2) is 33.6 Å². The number of benzene rings is 1. The monoisotopic (exact) mass is 316 g/mol. The predicted octanol–water partition coefficient (Wildman–Crippen LogP) is 4.57. The number of aliphatic carboxylic acids is 1. The Labute approximate surface area is 115 Å². The van der Waals surface area contributed by atoms with Crippen molar-refractivity contribution in [2.75, 3.05) is 0 Å². The topological polar surface area (TPSA) is 37.3 Å². The number of carbonyl (C=O) groups is 1. The van der Waals surface area contributed by atoms with Crippen LogP contribution in [0.2, 0.25) is 0 Å². The first-order valence-electron chi connectivity index (χ1n) is 5.76. The Kier molecular flexibility index (Phi) is 6.66. The van der Waals surface area contributed by atoms with E-state index >= 15 is 0 Å². The molecule has 0 aliphatic carbocycles. The van der Waals surface area contributed by atoms with E-state index in [1.165, 1.54) is 0 Å². The third-order valence-electron chi connectivity index (χ3n) is 2.40. The molecule has 0 saturated heterocycles. The lowest BCUT2D eigenvalue weighted by Gasteiger charge is -2.14. The zero-order chi connectivity index (χ0) is 12.7. The van der Waals surface area contributed by atoms with Crippen molar-refractivity contribution in [1.82, 2.24) is 0 Å². The molecular weight excluding hydrogens is 300 g/mol. The van der Waals surface area contributed by atoms with Gasteiger partial charge >= 0.3 is 5.97 Å². The third kappa shape index (κ3) is 6.13. The van der Waals surface area contributed by atoms with Crippen molar-refractivity contribution in [3.63, 3.8) is 0 Å². The first-order chi connectivity index (χ1) is 8.11. The van der Waals surface area contributed by atoms with E-state index in [1.807, 2.05) is 24.3 Å². The minimum Gasteiger partial charge on any atom is -0.481 e. The van der Waals surface area contributed by atoms with Gasteiger partial charge < -0.3 is 5.11 Å². The van der Waals surface area contributed by atoms with Gasteiger partial charge in [0.05, 0.1) is 6.42 Å². The molecule has 0 aliphatic heterocycles. The summed E-state index contributed by atoms with van der Waals surface area (Å²) in [6, 6.07) is 8.02. The number of carboxylic acid groups (broad SMARTS) is 1. The first kappa shape index (κ1) is 14.6. The summed E-state index contributed by atoms with van der Waals surface area (Å²) in [5.41, 5.74) is 0. The molecule has 0 aromatic heterocycles. The molecule has 1 atom stereocenters. The fraction of sp³-hybridized carbons (Fsp3) is 0.462. The van der Waals surface area contributed by atoms with Crippen molar-refractivity contribution in [2.45, 2.75) is 42.8 Å². The standard InChI is InChI=1S/C13H17BrO2S/c1-2-3-4-12(9-13(15)16)17-11-7-5-10(14)6-8-11/h5-8,12H,2-4,9H2,1H3,(H,15,16)/t12-/m1/s1. The predicted molar refractivity (Wildman–Crippen MR) is 75.6 cm³/mol. The Balaban J connectivity index is 2.57. The SMILES string of the molecule is CCCC[C@H](CC(=O)O)Sc1ccc(Br)cc1. The Bertz CT molecular complexity index is 351. The van der Waals surface area contributed by atoms with E-state index < -0.39 is 5.97 Å². The van der Waals surface area contributed by atoms with E-state index in [0.717, 1.165) is 28.6 Å². The maximum atomic E-state index is 10.8. The molecule has 0 aliphatic rings. The zero-order valence-corrected chi connectivity index (χ0v) is 12.3. The second kappa shape index (κ2) is 7.77. The number of hydrogen-bond acceptors (Lipinski definition) is 2. The van der Waals surface area contributed by atoms with Gasteiger partial charge in [0.15, 0.2) is 0 Å². The van der Waals surface area contributed by atoms with E-state index in [4.69, 9.17) is 5.11 Å². The zero-order valence-electron chi connectivity index (χ0n) is 9.86. The van der Waals surface area contributed by atoms with Crippen LogP contribution in [0.5, 0.6) is 0 Å². The molecule has 1 aromatic carbocycles. The highest BCUT2D eigenvalue weighted by atomic mass is 79.9. The minimum atomic E-state index is -0.712. The molecular formula is C13H17BrO2S. The van der Waals surface area contributed by atoms with Gasteiger partial charge in [0.2, 0.25) is 0 Å². The maximum absolute atomic E-state index is 10.8. The van der Waals surface area contributed by atoms with Crippen LogP contribution in [0, 0.1) is 0 Å². The average molecular weight is 317 g/mol. The molecule has 4 heteroatoms. The quantitative estimate of drug-likeness (QED) is 0.748. The molecule has 0 bridgehead atoms. The summed E-state index contributed by atoms with van der Waals surface area (Å²) in [5.74, 6) is -0.712. The second-order valence-electron chi connectivity index (χ2n) is 3.93. The Morgan fingerprint density at radius 1 is 1.41 bits per heavy atom. The van der Waals surface area contributed by atoms with Crippen molar-refractivity contribution in [3.8, 4) is 0 Å². The molecule has 2 nitrogen and oxygen atoms in total. The highest BCUT2D eigenvalue weighted by Gasteiger charge is 2.14. The highest BCUT2D eigenvalue weighted by Crippen LogP contribution is 2.29. The number of unbranched alkanes of at least 4 members (excludes halogenated alkanes) is 1. The van der Waals surface area contributed by atoms with Gasteiger partial charge in [-0.05, 0) is 30.7 Å². The van der Waals surface area contributed by atoms with Gasteiger partial charge in [0.1, 0.15) is 0 Å². The molecule has 0 heterocycles. The lowest BCUT2D eigenvalue weighted by Crippen LogP contribution is -2.09. The summed E-state index contributed by atoms with van der Waals surface area (Å²) in [5, 5.41) is 9.06. The van der Waals surface area contributed by atoms with Crippen molar-refractivity contribution in [2.24, 2.45) is 0 Å². The van der Waals surface area contributed by atoms with Crippen molar-refractivity contribution >= 4 is 33.7 Å². The highest BCUT2D eigenvalue weighted by molar-refractivity contribution is 9.10. The minimum absolute atomic E-state index is 0.175. The van der Waals surface area contributed by atoms with Gasteiger partial charge in [-0.3, -0.25) is 4.79 Å². The molecule has 94 valence electrons. The summed E-state index contributed by atoms with van der Waals surface area (Å²) < 4.78 is 1.05. The third-order valence-corrected chi connectivity index (χ3v) is 4.21. The summed E-state index contributed by atoms with van der Waals surface area (Å²) >= 11 is 5.05. The molecule has 0 saturated carbocycles. The van der Waals surface area contributed by atoms with Gasteiger partial charge in [-0.25, -0.2) is 0 Å². The summed E-state index contributed by atoms with van der Waals surface area (Å²) in [4.78, 5) is 11.9. The van der Waals surface area contributed by atoms with E-state index in [9.17, 15) is 4.79 Å². The largest absolute Gasteiger partial charge is 0.481 e. The summed E-state index contributed by atoms with van der Waals surface area (Å²) in [6.07, 6.45) is 3.39. The van der Waals surface area contributed by atoms with Crippen LogP contribution in [0.4, 0.5) is 0 Å².